The number of fused-ring (bicyclic) bond motifs is 1. The summed E-state index contributed by atoms with van der Waals surface area (Å²) in [6, 6.07) is 12.4. The van der Waals surface area contributed by atoms with Gasteiger partial charge in [0.15, 0.2) is 10.8 Å². The zero-order valence-corrected chi connectivity index (χ0v) is 17.7. The number of rotatable bonds is 5. The Morgan fingerprint density at radius 2 is 1.77 bits per heavy atom. The molecule has 0 N–H and O–H groups in total. The molecule has 0 aliphatic carbocycles. The second-order valence-electron chi connectivity index (χ2n) is 7.47. The molecule has 1 saturated heterocycles. The number of nitrogens with zero attached hydrogens (tertiary/aromatic N) is 5. The highest BCUT2D eigenvalue weighted by Gasteiger charge is 2.32. The summed E-state index contributed by atoms with van der Waals surface area (Å²) in [5, 5.41) is 7.67. The Morgan fingerprint density at radius 1 is 1.06 bits per heavy atom. The van der Waals surface area contributed by atoms with Crippen LogP contribution in [0.15, 0.2) is 53.8 Å². The molecule has 0 radical (unpaired) electrons. The van der Waals surface area contributed by atoms with Gasteiger partial charge in [-0.05, 0) is 24.6 Å². The minimum atomic E-state index is -4.46. The molecular weight excluding hydrogens is 427 g/mol. The molecule has 0 bridgehead atoms. The summed E-state index contributed by atoms with van der Waals surface area (Å²) < 4.78 is 40.4. The van der Waals surface area contributed by atoms with Gasteiger partial charge >= 0.3 is 6.18 Å². The number of alkyl halides is 3. The fourth-order valence-corrected chi connectivity index (χ4v) is 4.47. The monoisotopic (exact) mass is 449 g/mol. The van der Waals surface area contributed by atoms with Crippen molar-refractivity contribution >= 4 is 23.3 Å². The predicted molar refractivity (Wildman–Crippen MR) is 112 cm³/mol. The summed E-state index contributed by atoms with van der Waals surface area (Å²) >= 11 is 1.12. The number of carbonyl (C=O) groups is 1. The lowest BCUT2D eigenvalue weighted by atomic mass is 10.2. The minimum absolute atomic E-state index is 0.0481. The van der Waals surface area contributed by atoms with Crippen LogP contribution < -0.4 is 0 Å². The summed E-state index contributed by atoms with van der Waals surface area (Å²) in [6.07, 6.45) is -3.49. The molecule has 3 heterocycles. The smallest absolute Gasteiger partial charge is 0.339 e. The number of amides is 1. The van der Waals surface area contributed by atoms with Gasteiger partial charge in [0.05, 0.1) is 10.8 Å². The van der Waals surface area contributed by atoms with E-state index in [1.165, 1.54) is 16.0 Å². The summed E-state index contributed by atoms with van der Waals surface area (Å²) in [4.78, 5) is 17.0. The molecule has 6 nitrogen and oxygen atoms in total. The van der Waals surface area contributed by atoms with Crippen molar-refractivity contribution < 1.29 is 18.0 Å². The highest BCUT2D eigenvalue weighted by molar-refractivity contribution is 8.00. The molecule has 10 heteroatoms. The van der Waals surface area contributed by atoms with Crippen LogP contribution in [-0.2, 0) is 17.5 Å². The van der Waals surface area contributed by atoms with Gasteiger partial charge in [-0.25, -0.2) is 0 Å². The third-order valence-corrected chi connectivity index (χ3v) is 6.31. The average Bonchev–Trinajstić information content (AvgIpc) is 3.16. The van der Waals surface area contributed by atoms with Crippen LogP contribution in [0.3, 0.4) is 0 Å². The van der Waals surface area contributed by atoms with Crippen molar-refractivity contribution in [2.24, 2.45) is 0 Å². The van der Waals surface area contributed by atoms with Crippen LogP contribution in [0, 0.1) is 0 Å². The van der Waals surface area contributed by atoms with Crippen LogP contribution in [0.25, 0.3) is 5.65 Å². The van der Waals surface area contributed by atoms with Crippen molar-refractivity contribution in [2.45, 2.75) is 30.1 Å². The maximum Gasteiger partial charge on any atom is 0.417 e. The van der Waals surface area contributed by atoms with Crippen molar-refractivity contribution in [3.8, 4) is 0 Å². The number of hydrogen-bond acceptors (Lipinski definition) is 5. The Bertz CT molecular complexity index is 1050. The number of pyridine rings is 1. The van der Waals surface area contributed by atoms with E-state index in [0.29, 0.717) is 18.7 Å². The predicted octanol–water partition coefficient (Wildman–Crippen LogP) is 3.57. The van der Waals surface area contributed by atoms with Gasteiger partial charge in [-0.3, -0.25) is 14.1 Å². The molecule has 1 aliphatic heterocycles. The second kappa shape index (κ2) is 8.88. The zero-order chi connectivity index (χ0) is 22.0. The molecule has 1 atom stereocenters. The molecule has 164 valence electrons. The van der Waals surface area contributed by atoms with E-state index in [-0.39, 0.29) is 11.1 Å². The number of halogens is 3. The molecule has 1 amide bonds. The summed E-state index contributed by atoms with van der Waals surface area (Å²) in [7, 11) is 0. The second-order valence-corrected chi connectivity index (χ2v) is 8.78. The lowest BCUT2D eigenvalue weighted by molar-refractivity contribution is -0.138. The van der Waals surface area contributed by atoms with Crippen LogP contribution >= 0.6 is 11.8 Å². The SMILES string of the molecule is CC(Sc1nnc2ccc(C(F)(F)F)cn12)C(=O)N1CCN(Cc2ccccc2)CC1. The van der Waals surface area contributed by atoms with Crippen LogP contribution in [0.1, 0.15) is 18.1 Å². The first-order valence-corrected chi connectivity index (χ1v) is 10.8. The number of benzene rings is 1. The Hall–Kier alpha value is -2.59. The fraction of sp³-hybridized carbons (Fsp3) is 0.381. The molecule has 1 unspecified atom stereocenters. The largest absolute Gasteiger partial charge is 0.417 e. The Balaban J connectivity index is 1.37. The molecule has 31 heavy (non-hydrogen) atoms. The van der Waals surface area contributed by atoms with Gasteiger partial charge in [-0.15, -0.1) is 10.2 Å². The summed E-state index contributed by atoms with van der Waals surface area (Å²) in [5.41, 5.74) is 0.767. The average molecular weight is 450 g/mol. The molecule has 0 saturated carbocycles. The first-order chi connectivity index (χ1) is 14.8. The van der Waals surface area contributed by atoms with Crippen LogP contribution in [-0.4, -0.2) is 61.7 Å². The van der Waals surface area contributed by atoms with E-state index < -0.39 is 17.0 Å². The number of piperazine rings is 1. The van der Waals surface area contributed by atoms with E-state index in [9.17, 15) is 18.0 Å². The fourth-order valence-electron chi connectivity index (χ4n) is 3.55. The zero-order valence-electron chi connectivity index (χ0n) is 16.9. The van der Waals surface area contributed by atoms with Gasteiger partial charge < -0.3 is 4.90 Å². The van der Waals surface area contributed by atoms with Crippen molar-refractivity contribution in [1.82, 2.24) is 24.4 Å². The maximum atomic E-state index is 13.0. The first kappa shape index (κ1) is 21.6. The van der Waals surface area contributed by atoms with E-state index in [4.69, 9.17) is 0 Å². The maximum absolute atomic E-state index is 13.0. The molecule has 1 aliphatic rings. The Morgan fingerprint density at radius 3 is 2.45 bits per heavy atom. The highest BCUT2D eigenvalue weighted by Crippen LogP contribution is 2.31. The Kier molecular flexibility index (Phi) is 6.19. The van der Waals surface area contributed by atoms with Crippen LogP contribution in [0.2, 0.25) is 0 Å². The molecule has 4 rings (SSSR count). The van der Waals surface area contributed by atoms with Crippen LogP contribution in [0.4, 0.5) is 13.2 Å². The third kappa shape index (κ3) is 5.01. The number of hydrogen-bond donors (Lipinski definition) is 0. The third-order valence-electron chi connectivity index (χ3n) is 5.26. The van der Waals surface area contributed by atoms with Crippen molar-refractivity contribution in [2.75, 3.05) is 26.2 Å². The number of aromatic nitrogens is 3. The van der Waals surface area contributed by atoms with E-state index in [1.807, 2.05) is 23.1 Å². The number of thioether (sulfide) groups is 1. The van der Waals surface area contributed by atoms with E-state index in [0.717, 1.165) is 43.7 Å². The van der Waals surface area contributed by atoms with Crippen LogP contribution in [0.5, 0.6) is 0 Å². The molecule has 3 aromatic rings. The summed E-state index contributed by atoms with van der Waals surface area (Å²) in [5.74, 6) is -0.0481. The molecule has 1 fully saturated rings. The van der Waals surface area contributed by atoms with Gasteiger partial charge in [0.1, 0.15) is 0 Å². The van der Waals surface area contributed by atoms with Gasteiger partial charge in [0, 0.05) is 38.9 Å². The highest BCUT2D eigenvalue weighted by atomic mass is 32.2. The van der Waals surface area contributed by atoms with E-state index in [2.05, 4.69) is 27.2 Å². The van der Waals surface area contributed by atoms with Gasteiger partial charge in [0.2, 0.25) is 5.91 Å². The van der Waals surface area contributed by atoms with Crippen molar-refractivity contribution in [3.63, 3.8) is 0 Å². The lowest BCUT2D eigenvalue weighted by Gasteiger charge is -2.35. The standard InChI is InChI=1S/C21H22F3N5OS/c1-15(31-20-26-25-18-8-7-17(14-29(18)20)21(22,23)24)19(30)28-11-9-27(10-12-28)13-16-5-3-2-4-6-16/h2-8,14-15H,9-13H2,1H3. The van der Waals surface area contributed by atoms with Gasteiger partial charge in [0.25, 0.3) is 0 Å². The van der Waals surface area contributed by atoms with E-state index >= 15 is 0 Å². The molecule has 1 aromatic carbocycles. The minimum Gasteiger partial charge on any atom is -0.339 e. The quantitative estimate of drug-likeness (QED) is 0.558. The van der Waals surface area contributed by atoms with E-state index in [1.54, 1.807) is 6.92 Å². The molecular formula is C21H22F3N5OS. The number of carbonyl (C=O) groups excluding carboxylic acids is 1. The van der Waals surface area contributed by atoms with Gasteiger partial charge in [-0.2, -0.15) is 13.2 Å². The molecule has 2 aromatic heterocycles. The first-order valence-electron chi connectivity index (χ1n) is 9.95. The van der Waals surface area contributed by atoms with Crippen molar-refractivity contribution in [1.29, 1.82) is 0 Å². The molecule has 0 spiro atoms. The topological polar surface area (TPSA) is 53.7 Å². The Labute approximate surface area is 182 Å². The summed E-state index contributed by atoms with van der Waals surface area (Å²) in [6.45, 7) is 5.39. The van der Waals surface area contributed by atoms with Crippen molar-refractivity contribution in [3.05, 3.63) is 59.8 Å². The lowest BCUT2D eigenvalue weighted by Crippen LogP contribution is -2.50. The normalized spacial score (nSPS) is 16.6. The van der Waals surface area contributed by atoms with Gasteiger partial charge in [-0.1, -0.05) is 42.1 Å².